The number of methoxy groups -OCH3 is 1. The van der Waals surface area contributed by atoms with E-state index in [1.54, 1.807) is 43.0 Å². The molecule has 9 nitrogen and oxygen atoms in total. The van der Waals surface area contributed by atoms with Crippen LogP contribution < -0.4 is 15.0 Å². The second-order valence-electron chi connectivity index (χ2n) is 8.56. The van der Waals surface area contributed by atoms with Crippen molar-refractivity contribution in [3.8, 4) is 11.4 Å². The van der Waals surface area contributed by atoms with E-state index in [2.05, 4.69) is 10.4 Å². The Balaban J connectivity index is 1.35. The maximum Gasteiger partial charge on any atom is 0.311 e. The zero-order valence-electron chi connectivity index (χ0n) is 20.2. The molecule has 1 N–H and O–H groups in total. The van der Waals surface area contributed by atoms with E-state index in [0.717, 1.165) is 16.9 Å². The first-order chi connectivity index (χ1) is 16.8. The van der Waals surface area contributed by atoms with Crippen molar-refractivity contribution in [2.75, 3.05) is 30.5 Å². The van der Waals surface area contributed by atoms with Gasteiger partial charge in [0, 0.05) is 24.7 Å². The molecule has 1 atom stereocenters. The number of nitrogens with zero attached hydrogens (tertiary/aromatic N) is 3. The van der Waals surface area contributed by atoms with Gasteiger partial charge in [-0.15, -0.1) is 0 Å². The van der Waals surface area contributed by atoms with Crippen molar-refractivity contribution in [2.45, 2.75) is 27.2 Å². The van der Waals surface area contributed by atoms with Crippen LogP contribution in [-0.4, -0.2) is 47.8 Å². The Hall–Kier alpha value is -4.14. The van der Waals surface area contributed by atoms with Gasteiger partial charge in [0.05, 0.1) is 35.8 Å². The molecule has 0 saturated carbocycles. The molecule has 0 aliphatic carbocycles. The minimum absolute atomic E-state index is 0.0270. The highest BCUT2D eigenvalue weighted by Gasteiger charge is 2.36. The van der Waals surface area contributed by atoms with E-state index in [-0.39, 0.29) is 18.9 Å². The monoisotopic (exact) mass is 476 g/mol. The number of rotatable bonds is 7. The van der Waals surface area contributed by atoms with Gasteiger partial charge in [-0.1, -0.05) is 23.8 Å². The topological polar surface area (TPSA) is 103 Å². The summed E-state index contributed by atoms with van der Waals surface area (Å²) in [5.74, 6) is -1.26. The lowest BCUT2D eigenvalue weighted by atomic mass is 10.1. The van der Waals surface area contributed by atoms with Crippen molar-refractivity contribution in [1.82, 2.24) is 9.78 Å². The van der Waals surface area contributed by atoms with Crippen LogP contribution in [0, 0.1) is 26.7 Å². The maximum atomic E-state index is 12.6. The van der Waals surface area contributed by atoms with E-state index in [4.69, 9.17) is 9.47 Å². The molecule has 3 aromatic rings. The van der Waals surface area contributed by atoms with Crippen molar-refractivity contribution in [3.63, 3.8) is 0 Å². The summed E-state index contributed by atoms with van der Waals surface area (Å²) < 4.78 is 12.2. The summed E-state index contributed by atoms with van der Waals surface area (Å²) in [5, 5.41) is 7.31. The van der Waals surface area contributed by atoms with Crippen LogP contribution in [0.15, 0.2) is 48.5 Å². The number of benzene rings is 2. The predicted molar refractivity (Wildman–Crippen MR) is 131 cm³/mol. The molecule has 0 bridgehead atoms. The molecular formula is C26H28N4O5. The molecule has 0 spiro atoms. The molecule has 182 valence electrons. The van der Waals surface area contributed by atoms with Crippen molar-refractivity contribution >= 4 is 29.2 Å². The van der Waals surface area contributed by atoms with E-state index < -0.39 is 24.4 Å². The largest absolute Gasteiger partial charge is 0.497 e. The Morgan fingerprint density at radius 2 is 1.83 bits per heavy atom. The molecule has 1 fully saturated rings. The molecule has 2 aromatic carbocycles. The Kier molecular flexibility index (Phi) is 6.86. The summed E-state index contributed by atoms with van der Waals surface area (Å²) in [4.78, 5) is 39.1. The van der Waals surface area contributed by atoms with Crippen LogP contribution in [-0.2, 0) is 19.1 Å². The fraction of sp³-hybridized carbons (Fsp3) is 0.308. The van der Waals surface area contributed by atoms with Gasteiger partial charge in [-0.3, -0.25) is 14.4 Å². The summed E-state index contributed by atoms with van der Waals surface area (Å²) >= 11 is 0. The number of carbonyl (C=O) groups is 3. The molecule has 1 saturated heterocycles. The molecule has 9 heteroatoms. The number of nitrogens with one attached hydrogen (secondary N) is 1. The minimum atomic E-state index is -0.644. The van der Waals surface area contributed by atoms with Gasteiger partial charge in [-0.2, -0.15) is 5.10 Å². The second-order valence-corrected chi connectivity index (χ2v) is 8.56. The zero-order chi connectivity index (χ0) is 25.1. The number of hydrogen-bond donors (Lipinski definition) is 1. The molecule has 4 rings (SSSR count). The van der Waals surface area contributed by atoms with Crippen LogP contribution in [0.2, 0.25) is 0 Å². The second kappa shape index (κ2) is 10.0. The zero-order valence-corrected chi connectivity index (χ0v) is 20.2. The van der Waals surface area contributed by atoms with Crippen molar-refractivity contribution in [3.05, 3.63) is 65.5 Å². The quantitative estimate of drug-likeness (QED) is 0.525. The van der Waals surface area contributed by atoms with Gasteiger partial charge in [-0.05, 0) is 45.0 Å². The van der Waals surface area contributed by atoms with Crippen LogP contribution in [0.5, 0.6) is 5.75 Å². The standard InChI is InChI=1S/C26H28N4O5/c1-16-8-10-20(11-9-16)30-18(3)25(17(2)28-30)27-23(31)15-35-26(33)19-12-24(32)29(14-19)21-6-5-7-22(13-21)34-4/h5-11,13,19H,12,14-15H2,1-4H3,(H,27,31)/t19-/m1/s1. The predicted octanol–water partition coefficient (Wildman–Crippen LogP) is 3.34. The third kappa shape index (κ3) is 5.18. The summed E-state index contributed by atoms with van der Waals surface area (Å²) in [5.41, 5.74) is 4.67. The first kappa shape index (κ1) is 24.0. The van der Waals surface area contributed by atoms with Crippen LogP contribution in [0.25, 0.3) is 5.69 Å². The molecular weight excluding hydrogens is 448 g/mol. The SMILES string of the molecule is COc1cccc(N2C[C@H](C(=O)OCC(=O)Nc3c(C)nn(-c4ccc(C)cc4)c3C)CC2=O)c1. The molecule has 0 radical (unpaired) electrons. The normalized spacial score (nSPS) is 15.3. The number of hydrogen-bond acceptors (Lipinski definition) is 6. The molecule has 35 heavy (non-hydrogen) atoms. The third-order valence-corrected chi connectivity index (χ3v) is 6.00. The Bertz CT molecular complexity index is 1270. The highest BCUT2D eigenvalue weighted by atomic mass is 16.5. The van der Waals surface area contributed by atoms with Gasteiger partial charge in [0.1, 0.15) is 5.75 Å². The van der Waals surface area contributed by atoms with Crippen LogP contribution in [0.3, 0.4) is 0 Å². The molecule has 1 aliphatic rings. The average molecular weight is 477 g/mol. The van der Waals surface area contributed by atoms with Crippen LogP contribution in [0.4, 0.5) is 11.4 Å². The number of aryl methyl sites for hydroxylation is 2. The molecule has 1 aliphatic heterocycles. The highest BCUT2D eigenvalue weighted by molar-refractivity contribution is 6.00. The van der Waals surface area contributed by atoms with Gasteiger partial charge in [0.25, 0.3) is 5.91 Å². The number of anilines is 2. The van der Waals surface area contributed by atoms with E-state index in [9.17, 15) is 14.4 Å². The van der Waals surface area contributed by atoms with Crippen molar-refractivity contribution in [1.29, 1.82) is 0 Å². The number of ether oxygens (including phenoxy) is 2. The van der Waals surface area contributed by atoms with Crippen molar-refractivity contribution < 1.29 is 23.9 Å². The lowest BCUT2D eigenvalue weighted by Crippen LogP contribution is -2.28. The first-order valence-electron chi connectivity index (χ1n) is 11.3. The highest BCUT2D eigenvalue weighted by Crippen LogP contribution is 2.28. The number of carbonyl (C=O) groups excluding carboxylic acids is 3. The molecule has 2 heterocycles. The van der Waals surface area contributed by atoms with Gasteiger partial charge >= 0.3 is 5.97 Å². The van der Waals surface area contributed by atoms with E-state index in [1.165, 1.54) is 4.90 Å². The van der Waals surface area contributed by atoms with E-state index >= 15 is 0 Å². The summed E-state index contributed by atoms with van der Waals surface area (Å²) in [6.07, 6.45) is 0.0270. The number of amides is 2. The van der Waals surface area contributed by atoms with Gasteiger partial charge in [-0.25, -0.2) is 4.68 Å². The summed E-state index contributed by atoms with van der Waals surface area (Å²) in [7, 11) is 1.55. The Labute approximate surface area is 203 Å². The third-order valence-electron chi connectivity index (χ3n) is 6.00. The number of esters is 1. The van der Waals surface area contributed by atoms with E-state index in [0.29, 0.717) is 22.8 Å². The maximum absolute atomic E-state index is 12.6. The van der Waals surface area contributed by atoms with Crippen LogP contribution >= 0.6 is 0 Å². The number of aromatic nitrogens is 2. The smallest absolute Gasteiger partial charge is 0.311 e. The lowest BCUT2D eigenvalue weighted by Gasteiger charge is -2.17. The van der Waals surface area contributed by atoms with Gasteiger partial charge in [0.15, 0.2) is 6.61 Å². The average Bonchev–Trinajstić information content (AvgIpc) is 3.38. The fourth-order valence-corrected chi connectivity index (χ4v) is 4.08. The Morgan fingerprint density at radius 3 is 2.54 bits per heavy atom. The van der Waals surface area contributed by atoms with Crippen LogP contribution in [0.1, 0.15) is 23.4 Å². The summed E-state index contributed by atoms with van der Waals surface area (Å²) in [6, 6.07) is 15.0. The minimum Gasteiger partial charge on any atom is -0.497 e. The van der Waals surface area contributed by atoms with E-state index in [1.807, 2.05) is 38.1 Å². The lowest BCUT2D eigenvalue weighted by molar-refractivity contribution is -0.151. The van der Waals surface area contributed by atoms with Gasteiger partial charge in [0.2, 0.25) is 5.91 Å². The molecule has 2 amide bonds. The van der Waals surface area contributed by atoms with Gasteiger partial charge < -0.3 is 19.7 Å². The molecule has 0 unspecified atom stereocenters. The fourth-order valence-electron chi connectivity index (χ4n) is 4.08. The van der Waals surface area contributed by atoms with Crippen molar-refractivity contribution in [2.24, 2.45) is 5.92 Å². The Morgan fingerprint density at radius 1 is 1.09 bits per heavy atom. The first-order valence-corrected chi connectivity index (χ1v) is 11.3. The summed E-state index contributed by atoms with van der Waals surface area (Å²) in [6.45, 7) is 5.41. The molecule has 1 aromatic heterocycles.